The van der Waals surface area contributed by atoms with Crippen molar-refractivity contribution in [1.29, 1.82) is 0 Å². The average molecular weight is 306 g/mol. The van der Waals surface area contributed by atoms with E-state index in [4.69, 9.17) is 16.3 Å². The number of nitrogens with one attached hydrogen (secondary N) is 1. The van der Waals surface area contributed by atoms with Crippen molar-refractivity contribution in [3.63, 3.8) is 0 Å². The smallest absolute Gasteiger partial charge is 0.352 e. The molecule has 0 unspecified atom stereocenters. The molecule has 1 fully saturated rings. The Labute approximate surface area is 119 Å². The van der Waals surface area contributed by atoms with Gasteiger partial charge in [0.2, 0.25) is 0 Å². The fourth-order valence-electron chi connectivity index (χ4n) is 2.05. The minimum atomic E-state index is -3.86. The Hall–Kier alpha value is -1.40. The summed E-state index contributed by atoms with van der Waals surface area (Å²) >= 11 is 5.84. The molecule has 2 rings (SSSR count). The largest absolute Gasteiger partial charge is 0.493 e. The molecule has 1 aromatic carbocycles. The third-order valence-electron chi connectivity index (χ3n) is 3.47. The summed E-state index contributed by atoms with van der Waals surface area (Å²) < 4.78 is 32.8. The lowest BCUT2D eigenvalue weighted by Crippen LogP contribution is -2.59. The first kappa shape index (κ1) is 15.0. The molecule has 4 nitrogen and oxygen atoms in total. The number of anilines is 1. The fourth-order valence-corrected chi connectivity index (χ4v) is 2.30. The number of aliphatic hydroxyl groups is 1. The molecule has 0 radical (unpaired) electrons. The standard InChI is InChI=1S/C13H14ClF2NO3/c1-20-10-8(14)4-2-5-9(10)17-11(18)13(15,16)12(19)6-3-7-12/h2,4-5,19H,3,6-7H2,1H3,(H,17,18). The number of rotatable bonds is 4. The second-order valence-corrected chi connectivity index (χ2v) is 5.14. The Morgan fingerprint density at radius 3 is 2.65 bits per heavy atom. The Balaban J connectivity index is 2.22. The van der Waals surface area contributed by atoms with Gasteiger partial charge in [-0.05, 0) is 31.4 Å². The third-order valence-corrected chi connectivity index (χ3v) is 3.77. The van der Waals surface area contributed by atoms with Gasteiger partial charge in [-0.3, -0.25) is 4.79 Å². The van der Waals surface area contributed by atoms with Gasteiger partial charge >= 0.3 is 5.92 Å². The van der Waals surface area contributed by atoms with Crippen LogP contribution in [-0.2, 0) is 4.79 Å². The molecule has 0 saturated heterocycles. The van der Waals surface area contributed by atoms with Gasteiger partial charge in [-0.2, -0.15) is 8.78 Å². The van der Waals surface area contributed by atoms with Crippen molar-refractivity contribution in [2.24, 2.45) is 0 Å². The van der Waals surface area contributed by atoms with Crippen LogP contribution < -0.4 is 10.1 Å². The van der Waals surface area contributed by atoms with E-state index in [1.165, 1.54) is 25.3 Å². The summed E-state index contributed by atoms with van der Waals surface area (Å²) in [4.78, 5) is 11.7. The normalized spacial score (nSPS) is 17.2. The Bertz CT molecular complexity index is 532. The van der Waals surface area contributed by atoms with Crippen molar-refractivity contribution < 1.29 is 23.4 Å². The van der Waals surface area contributed by atoms with Gasteiger partial charge < -0.3 is 15.2 Å². The maximum atomic E-state index is 13.9. The van der Waals surface area contributed by atoms with Crippen molar-refractivity contribution >= 4 is 23.2 Å². The molecule has 110 valence electrons. The first-order valence-corrected chi connectivity index (χ1v) is 6.44. The van der Waals surface area contributed by atoms with Crippen molar-refractivity contribution in [2.45, 2.75) is 30.8 Å². The van der Waals surface area contributed by atoms with E-state index in [2.05, 4.69) is 5.32 Å². The van der Waals surface area contributed by atoms with Crippen LogP contribution in [0.5, 0.6) is 5.75 Å². The van der Waals surface area contributed by atoms with E-state index >= 15 is 0 Å². The molecule has 1 aliphatic rings. The summed E-state index contributed by atoms with van der Waals surface area (Å²) in [5.41, 5.74) is -2.23. The molecule has 2 N–H and O–H groups in total. The first-order valence-electron chi connectivity index (χ1n) is 6.06. The van der Waals surface area contributed by atoms with E-state index in [-0.39, 0.29) is 29.3 Å². The van der Waals surface area contributed by atoms with Crippen LogP contribution in [0.1, 0.15) is 19.3 Å². The maximum Gasteiger partial charge on any atom is 0.352 e. The molecule has 20 heavy (non-hydrogen) atoms. The van der Waals surface area contributed by atoms with Gasteiger partial charge in [0, 0.05) is 0 Å². The molecular weight excluding hydrogens is 292 g/mol. The maximum absolute atomic E-state index is 13.9. The lowest BCUT2D eigenvalue weighted by Gasteiger charge is -2.41. The van der Waals surface area contributed by atoms with Crippen LogP contribution in [0.3, 0.4) is 0 Å². The van der Waals surface area contributed by atoms with Gasteiger partial charge in [0.05, 0.1) is 17.8 Å². The van der Waals surface area contributed by atoms with Crippen molar-refractivity contribution in [2.75, 3.05) is 12.4 Å². The number of benzene rings is 1. The van der Waals surface area contributed by atoms with Crippen molar-refractivity contribution in [1.82, 2.24) is 0 Å². The summed E-state index contributed by atoms with van der Waals surface area (Å²) in [6, 6.07) is 4.40. The number of hydrogen-bond acceptors (Lipinski definition) is 3. The highest BCUT2D eigenvalue weighted by Gasteiger charge is 2.61. The van der Waals surface area contributed by atoms with Gasteiger partial charge in [0.25, 0.3) is 5.91 Å². The van der Waals surface area contributed by atoms with E-state index in [1.807, 2.05) is 0 Å². The Morgan fingerprint density at radius 2 is 2.15 bits per heavy atom. The quantitative estimate of drug-likeness (QED) is 0.899. The Morgan fingerprint density at radius 1 is 1.50 bits per heavy atom. The monoisotopic (exact) mass is 305 g/mol. The number of hydrogen-bond donors (Lipinski definition) is 2. The van der Waals surface area contributed by atoms with E-state index in [0.717, 1.165) is 0 Å². The Kier molecular flexibility index (Phi) is 3.88. The van der Waals surface area contributed by atoms with E-state index < -0.39 is 17.4 Å². The number of alkyl halides is 2. The molecule has 0 aromatic heterocycles. The van der Waals surface area contributed by atoms with E-state index in [1.54, 1.807) is 0 Å². The van der Waals surface area contributed by atoms with Crippen LogP contribution in [-0.4, -0.2) is 29.6 Å². The minimum absolute atomic E-state index is 0.0348. The van der Waals surface area contributed by atoms with Gasteiger partial charge in [0.15, 0.2) is 5.75 Å². The number of methoxy groups -OCH3 is 1. The number of ether oxygens (including phenoxy) is 1. The van der Waals surface area contributed by atoms with Crippen LogP contribution in [0.15, 0.2) is 18.2 Å². The third kappa shape index (κ3) is 2.33. The lowest BCUT2D eigenvalue weighted by atomic mass is 9.75. The second kappa shape index (κ2) is 5.18. The molecule has 0 spiro atoms. The summed E-state index contributed by atoms with van der Waals surface area (Å²) in [7, 11) is 1.31. The molecule has 1 aliphatic carbocycles. The first-order chi connectivity index (χ1) is 9.32. The predicted molar refractivity (Wildman–Crippen MR) is 70.4 cm³/mol. The zero-order chi connectivity index (χ0) is 15.0. The summed E-state index contributed by atoms with van der Waals surface area (Å²) in [6.07, 6.45) is 0.278. The topological polar surface area (TPSA) is 58.6 Å². The minimum Gasteiger partial charge on any atom is -0.493 e. The molecule has 0 atom stereocenters. The number of carbonyl (C=O) groups is 1. The SMILES string of the molecule is COc1c(Cl)cccc1NC(=O)C(F)(F)C1(O)CCC1. The van der Waals surface area contributed by atoms with Crippen LogP contribution >= 0.6 is 11.6 Å². The summed E-state index contributed by atoms with van der Waals surface area (Å²) in [5, 5.41) is 11.9. The molecule has 0 heterocycles. The number of carbonyl (C=O) groups excluding carboxylic acids is 1. The molecule has 1 amide bonds. The number of amides is 1. The molecule has 7 heteroatoms. The molecule has 1 saturated carbocycles. The van der Waals surface area contributed by atoms with Crippen LogP contribution in [0, 0.1) is 0 Å². The highest BCUT2D eigenvalue weighted by atomic mass is 35.5. The van der Waals surface area contributed by atoms with Crippen molar-refractivity contribution in [3.05, 3.63) is 23.2 Å². The van der Waals surface area contributed by atoms with Crippen LogP contribution in [0.4, 0.5) is 14.5 Å². The fraction of sp³-hybridized carbons (Fsp3) is 0.462. The number of halogens is 3. The van der Waals surface area contributed by atoms with Gasteiger partial charge in [-0.1, -0.05) is 17.7 Å². The van der Waals surface area contributed by atoms with E-state index in [0.29, 0.717) is 6.42 Å². The molecule has 0 aliphatic heterocycles. The lowest BCUT2D eigenvalue weighted by molar-refractivity contribution is -0.212. The van der Waals surface area contributed by atoms with Crippen molar-refractivity contribution in [3.8, 4) is 5.75 Å². The van der Waals surface area contributed by atoms with Crippen LogP contribution in [0.25, 0.3) is 0 Å². The zero-order valence-corrected chi connectivity index (χ0v) is 11.5. The molecule has 1 aromatic rings. The highest BCUT2D eigenvalue weighted by Crippen LogP contribution is 2.45. The van der Waals surface area contributed by atoms with Gasteiger partial charge in [0.1, 0.15) is 5.60 Å². The van der Waals surface area contributed by atoms with Crippen LogP contribution in [0.2, 0.25) is 5.02 Å². The van der Waals surface area contributed by atoms with Gasteiger partial charge in [-0.25, -0.2) is 0 Å². The number of para-hydroxylation sites is 1. The summed E-state index contributed by atoms with van der Waals surface area (Å²) in [5.74, 6) is -5.34. The average Bonchev–Trinajstić information content (AvgIpc) is 2.36. The van der Waals surface area contributed by atoms with Gasteiger partial charge in [-0.15, -0.1) is 0 Å². The molecule has 0 bridgehead atoms. The summed E-state index contributed by atoms with van der Waals surface area (Å²) in [6.45, 7) is 0. The zero-order valence-electron chi connectivity index (χ0n) is 10.8. The van der Waals surface area contributed by atoms with E-state index in [9.17, 15) is 18.7 Å². The molecular formula is C13H14ClF2NO3. The predicted octanol–water partition coefficient (Wildman–Crippen LogP) is 2.84. The highest BCUT2D eigenvalue weighted by molar-refractivity contribution is 6.32. The second-order valence-electron chi connectivity index (χ2n) is 4.73.